The lowest BCUT2D eigenvalue weighted by molar-refractivity contribution is -0.118. The van der Waals surface area contributed by atoms with E-state index in [0.29, 0.717) is 23.4 Å². The molecule has 1 amide bonds. The molecule has 1 aromatic heterocycles. The van der Waals surface area contributed by atoms with Crippen LogP contribution in [0.4, 0.5) is 5.69 Å². The molecule has 162 valence electrons. The summed E-state index contributed by atoms with van der Waals surface area (Å²) in [4.78, 5) is 12.4. The molecule has 1 atom stereocenters. The summed E-state index contributed by atoms with van der Waals surface area (Å²) in [5, 5.41) is 11.1. The maximum Gasteiger partial charge on any atom is 0.262 e. The van der Waals surface area contributed by atoms with E-state index in [0.717, 1.165) is 28.9 Å². The van der Waals surface area contributed by atoms with Gasteiger partial charge in [0.25, 0.3) is 5.91 Å². The summed E-state index contributed by atoms with van der Waals surface area (Å²) in [6.07, 6.45) is 1.01. The van der Waals surface area contributed by atoms with Crippen LogP contribution in [0.15, 0.2) is 83.3 Å². The van der Waals surface area contributed by atoms with Crippen LogP contribution >= 0.6 is 0 Å². The summed E-state index contributed by atoms with van der Waals surface area (Å²) < 4.78 is 11.6. The number of para-hydroxylation sites is 1. The van der Waals surface area contributed by atoms with Crippen LogP contribution in [0.2, 0.25) is 0 Å². The van der Waals surface area contributed by atoms with Crippen molar-refractivity contribution in [2.24, 2.45) is 0 Å². The first kappa shape index (κ1) is 21.3. The molecule has 0 fully saturated rings. The average Bonchev–Trinajstić information content (AvgIpc) is 3.34. The van der Waals surface area contributed by atoms with Gasteiger partial charge in [-0.2, -0.15) is 0 Å². The van der Waals surface area contributed by atoms with Crippen LogP contribution in [0, 0.1) is 0 Å². The number of amides is 1. The maximum atomic E-state index is 12.4. The van der Waals surface area contributed by atoms with Crippen molar-refractivity contribution >= 4 is 11.6 Å². The molecule has 32 heavy (non-hydrogen) atoms. The first-order valence-corrected chi connectivity index (χ1v) is 10.6. The van der Waals surface area contributed by atoms with Gasteiger partial charge in [0.2, 0.25) is 11.8 Å². The van der Waals surface area contributed by atoms with Crippen molar-refractivity contribution in [3.8, 4) is 28.7 Å². The Kier molecular flexibility index (Phi) is 6.60. The molecule has 0 bridgehead atoms. The van der Waals surface area contributed by atoms with E-state index in [9.17, 15) is 4.79 Å². The highest BCUT2D eigenvalue weighted by Crippen LogP contribution is 2.28. The molecule has 0 spiro atoms. The van der Waals surface area contributed by atoms with E-state index in [2.05, 4.69) is 29.4 Å². The Morgan fingerprint density at radius 1 is 0.906 bits per heavy atom. The first-order valence-electron chi connectivity index (χ1n) is 10.6. The number of hydrogen-bond donors (Lipinski definition) is 1. The summed E-state index contributed by atoms with van der Waals surface area (Å²) in [5.41, 5.74) is 3.42. The van der Waals surface area contributed by atoms with Crippen LogP contribution < -0.4 is 10.1 Å². The number of nitrogens with one attached hydrogen (secondary N) is 1. The molecule has 6 nitrogen and oxygen atoms in total. The Labute approximate surface area is 187 Å². The molecule has 0 aliphatic heterocycles. The fourth-order valence-corrected chi connectivity index (χ4v) is 3.31. The van der Waals surface area contributed by atoms with Gasteiger partial charge in [0.15, 0.2) is 6.61 Å². The second-order valence-corrected chi connectivity index (χ2v) is 7.54. The molecule has 1 unspecified atom stereocenters. The quantitative estimate of drug-likeness (QED) is 0.377. The van der Waals surface area contributed by atoms with Gasteiger partial charge in [-0.05, 0) is 60.4 Å². The van der Waals surface area contributed by atoms with Crippen molar-refractivity contribution in [1.82, 2.24) is 10.2 Å². The molecule has 0 aliphatic carbocycles. The number of anilines is 1. The third-order valence-electron chi connectivity index (χ3n) is 5.28. The van der Waals surface area contributed by atoms with Gasteiger partial charge in [0, 0.05) is 16.8 Å². The van der Waals surface area contributed by atoms with Gasteiger partial charge in [-0.15, -0.1) is 10.2 Å². The third-order valence-corrected chi connectivity index (χ3v) is 5.28. The molecule has 0 saturated carbocycles. The zero-order valence-corrected chi connectivity index (χ0v) is 18.1. The Hall–Kier alpha value is -3.93. The molecule has 4 aromatic rings. The van der Waals surface area contributed by atoms with Gasteiger partial charge in [-0.1, -0.05) is 50.2 Å². The van der Waals surface area contributed by atoms with Crippen molar-refractivity contribution in [1.29, 1.82) is 0 Å². The highest BCUT2D eigenvalue weighted by molar-refractivity contribution is 5.92. The molecular formula is C26H25N3O3. The van der Waals surface area contributed by atoms with E-state index >= 15 is 0 Å². The van der Waals surface area contributed by atoms with Crippen LogP contribution in [-0.4, -0.2) is 22.7 Å². The van der Waals surface area contributed by atoms with E-state index in [-0.39, 0.29) is 12.5 Å². The molecule has 0 aliphatic rings. The smallest absolute Gasteiger partial charge is 0.262 e. The summed E-state index contributed by atoms with van der Waals surface area (Å²) in [7, 11) is 0. The first-order chi connectivity index (χ1) is 15.6. The van der Waals surface area contributed by atoms with Crippen LogP contribution in [0.5, 0.6) is 5.75 Å². The van der Waals surface area contributed by atoms with E-state index in [1.165, 1.54) is 0 Å². The standard InChI is InChI=1S/C26H25N3O3/c1-3-18(2)22-11-7-8-12-23(22)31-17-24(30)27-21-15-13-20(14-16-21)26-29-28-25(32-26)19-9-5-4-6-10-19/h4-16,18H,3,17H2,1-2H3,(H,27,30). The largest absolute Gasteiger partial charge is 0.483 e. The monoisotopic (exact) mass is 427 g/mol. The van der Waals surface area contributed by atoms with Crippen molar-refractivity contribution in [2.45, 2.75) is 26.2 Å². The Morgan fingerprint density at radius 3 is 2.22 bits per heavy atom. The topological polar surface area (TPSA) is 77.2 Å². The van der Waals surface area contributed by atoms with Gasteiger partial charge in [-0.25, -0.2) is 0 Å². The lowest BCUT2D eigenvalue weighted by Gasteiger charge is -2.15. The Bertz CT molecular complexity index is 1170. The highest BCUT2D eigenvalue weighted by atomic mass is 16.5. The predicted octanol–water partition coefficient (Wildman–Crippen LogP) is 5.93. The van der Waals surface area contributed by atoms with Gasteiger partial charge in [0.1, 0.15) is 5.75 Å². The summed E-state index contributed by atoms with van der Waals surface area (Å²) in [6, 6.07) is 24.7. The lowest BCUT2D eigenvalue weighted by Crippen LogP contribution is -2.20. The van der Waals surface area contributed by atoms with Crippen LogP contribution in [0.25, 0.3) is 22.9 Å². The zero-order chi connectivity index (χ0) is 22.3. The van der Waals surface area contributed by atoms with Gasteiger partial charge in [-0.3, -0.25) is 4.79 Å². The molecule has 6 heteroatoms. The maximum absolute atomic E-state index is 12.4. The molecule has 4 rings (SSSR count). The normalized spacial score (nSPS) is 11.7. The fraction of sp³-hybridized carbons (Fsp3) is 0.192. The SMILES string of the molecule is CCC(C)c1ccccc1OCC(=O)Nc1ccc(-c2nnc(-c3ccccc3)o2)cc1. The van der Waals surface area contributed by atoms with Crippen LogP contribution in [0.3, 0.4) is 0 Å². The van der Waals surface area contributed by atoms with E-state index in [1.54, 1.807) is 12.1 Å². The van der Waals surface area contributed by atoms with E-state index in [1.807, 2.05) is 66.7 Å². The Balaban J connectivity index is 1.36. The lowest BCUT2D eigenvalue weighted by atomic mass is 9.98. The van der Waals surface area contributed by atoms with Crippen LogP contribution in [0.1, 0.15) is 31.7 Å². The molecular weight excluding hydrogens is 402 g/mol. The predicted molar refractivity (Wildman–Crippen MR) is 124 cm³/mol. The van der Waals surface area contributed by atoms with Crippen molar-refractivity contribution in [2.75, 3.05) is 11.9 Å². The minimum absolute atomic E-state index is 0.0563. The molecule has 0 saturated heterocycles. The number of ether oxygens (including phenoxy) is 1. The van der Waals surface area contributed by atoms with Crippen molar-refractivity contribution < 1.29 is 13.9 Å². The molecule has 0 radical (unpaired) electrons. The van der Waals surface area contributed by atoms with Crippen LogP contribution in [-0.2, 0) is 4.79 Å². The number of hydrogen-bond acceptors (Lipinski definition) is 5. The average molecular weight is 428 g/mol. The highest BCUT2D eigenvalue weighted by Gasteiger charge is 2.13. The second-order valence-electron chi connectivity index (χ2n) is 7.54. The number of rotatable bonds is 8. The molecule has 1 heterocycles. The van der Waals surface area contributed by atoms with Crippen molar-refractivity contribution in [3.63, 3.8) is 0 Å². The molecule has 3 aromatic carbocycles. The Morgan fingerprint density at radius 2 is 1.53 bits per heavy atom. The van der Waals surface area contributed by atoms with Crippen molar-refractivity contribution in [3.05, 3.63) is 84.4 Å². The number of carbonyl (C=O) groups is 1. The fourth-order valence-electron chi connectivity index (χ4n) is 3.31. The molecule has 1 N–H and O–H groups in total. The summed E-state index contributed by atoms with van der Waals surface area (Å²) in [6.45, 7) is 4.23. The number of benzene rings is 3. The van der Waals surface area contributed by atoms with Gasteiger partial charge >= 0.3 is 0 Å². The number of carbonyl (C=O) groups excluding carboxylic acids is 1. The van der Waals surface area contributed by atoms with Gasteiger partial charge in [0.05, 0.1) is 0 Å². The zero-order valence-electron chi connectivity index (χ0n) is 18.1. The van der Waals surface area contributed by atoms with E-state index in [4.69, 9.17) is 9.15 Å². The minimum atomic E-state index is -0.221. The summed E-state index contributed by atoms with van der Waals surface area (Å²) in [5.74, 6) is 1.78. The number of nitrogens with zero attached hydrogens (tertiary/aromatic N) is 2. The van der Waals surface area contributed by atoms with E-state index < -0.39 is 0 Å². The third kappa shape index (κ3) is 5.03. The number of aromatic nitrogens is 2. The second kappa shape index (κ2) is 9.92. The van der Waals surface area contributed by atoms with Gasteiger partial charge < -0.3 is 14.5 Å². The minimum Gasteiger partial charge on any atom is -0.483 e. The summed E-state index contributed by atoms with van der Waals surface area (Å²) >= 11 is 0.